The Morgan fingerprint density at radius 1 is 1.41 bits per heavy atom. The fraction of sp³-hybridized carbons (Fsp3) is 0.500. The Morgan fingerprint density at radius 3 is 3.00 bits per heavy atom. The van der Waals surface area contributed by atoms with E-state index in [0.717, 1.165) is 32.5 Å². The maximum absolute atomic E-state index is 12.7. The van der Waals surface area contributed by atoms with Crippen molar-refractivity contribution in [2.45, 2.75) is 45.2 Å². The first kappa shape index (κ1) is 19.5. The van der Waals surface area contributed by atoms with E-state index in [1.165, 1.54) is 5.56 Å². The van der Waals surface area contributed by atoms with Gasteiger partial charge in [0, 0.05) is 38.1 Å². The van der Waals surface area contributed by atoms with E-state index in [1.807, 2.05) is 13.0 Å². The van der Waals surface area contributed by atoms with E-state index in [4.69, 9.17) is 4.74 Å². The van der Waals surface area contributed by atoms with Crippen molar-refractivity contribution in [2.24, 2.45) is 0 Å². The largest absolute Gasteiger partial charge is 0.366 e. The van der Waals surface area contributed by atoms with Crippen molar-refractivity contribution in [3.8, 4) is 0 Å². The summed E-state index contributed by atoms with van der Waals surface area (Å²) < 4.78 is 6.76. The number of ether oxygens (including phenoxy) is 1. The van der Waals surface area contributed by atoms with Crippen LogP contribution in [0.3, 0.4) is 0 Å². The van der Waals surface area contributed by atoms with Crippen LogP contribution in [0.15, 0.2) is 42.7 Å². The summed E-state index contributed by atoms with van der Waals surface area (Å²) in [5.41, 5.74) is 1.28. The third-order valence-electron chi connectivity index (χ3n) is 4.72. The Hall–Kier alpha value is -2.22. The SMILES string of the molecule is CCOC(O)Cn1ccnc1C(=O)N[C@@H]1CCCN(Cc2ccccc2)C1. The average Bonchev–Trinajstić information content (AvgIpc) is 3.11. The number of imidazole rings is 1. The standard InChI is InChI=1S/C20H28N4O3/c1-2-27-18(25)15-24-12-10-21-19(24)20(26)22-17-9-6-11-23(14-17)13-16-7-4-3-5-8-16/h3-5,7-8,10,12,17-18,25H,2,6,9,11,13-15H2,1H3,(H,22,26)/t17-,18?/m1/s1. The minimum Gasteiger partial charge on any atom is -0.366 e. The first-order valence-corrected chi connectivity index (χ1v) is 9.53. The molecule has 2 N–H and O–H groups in total. The van der Waals surface area contributed by atoms with Gasteiger partial charge < -0.3 is 19.7 Å². The third-order valence-corrected chi connectivity index (χ3v) is 4.72. The number of rotatable bonds is 8. The highest BCUT2D eigenvalue weighted by atomic mass is 16.6. The number of amides is 1. The number of carbonyl (C=O) groups excluding carboxylic acids is 1. The van der Waals surface area contributed by atoms with Gasteiger partial charge in [-0.25, -0.2) is 4.98 Å². The molecule has 1 saturated heterocycles. The van der Waals surface area contributed by atoms with Gasteiger partial charge in [0.05, 0.1) is 6.54 Å². The minimum atomic E-state index is -0.952. The predicted molar refractivity (Wildman–Crippen MR) is 102 cm³/mol. The molecule has 7 heteroatoms. The number of likely N-dealkylation sites (tertiary alicyclic amines) is 1. The summed E-state index contributed by atoms with van der Waals surface area (Å²) in [6.07, 6.45) is 4.30. The lowest BCUT2D eigenvalue weighted by Crippen LogP contribution is -2.47. The van der Waals surface area contributed by atoms with Crippen molar-refractivity contribution >= 4 is 5.91 Å². The highest BCUT2D eigenvalue weighted by Gasteiger charge is 2.24. The van der Waals surface area contributed by atoms with Crippen molar-refractivity contribution in [1.82, 2.24) is 19.8 Å². The number of benzene rings is 1. The smallest absolute Gasteiger partial charge is 0.287 e. The number of aliphatic hydroxyl groups is 1. The topological polar surface area (TPSA) is 79.6 Å². The Balaban J connectivity index is 1.55. The highest BCUT2D eigenvalue weighted by molar-refractivity contribution is 5.91. The third kappa shape index (κ3) is 5.63. The van der Waals surface area contributed by atoms with Gasteiger partial charge in [-0.2, -0.15) is 0 Å². The Kier molecular flexibility index (Phi) is 6.98. The van der Waals surface area contributed by atoms with E-state index in [-0.39, 0.29) is 18.5 Å². The second kappa shape index (κ2) is 9.64. The van der Waals surface area contributed by atoms with E-state index in [2.05, 4.69) is 39.5 Å². The normalized spacial score (nSPS) is 19.0. The van der Waals surface area contributed by atoms with Gasteiger partial charge >= 0.3 is 0 Å². The van der Waals surface area contributed by atoms with Crippen LogP contribution in [0.1, 0.15) is 35.9 Å². The molecule has 1 aliphatic heterocycles. The Bertz CT molecular complexity index is 719. The van der Waals surface area contributed by atoms with Gasteiger partial charge in [0.1, 0.15) is 0 Å². The monoisotopic (exact) mass is 372 g/mol. The summed E-state index contributed by atoms with van der Waals surface area (Å²) in [5.74, 6) is 0.0872. The summed E-state index contributed by atoms with van der Waals surface area (Å²) >= 11 is 0. The first-order chi connectivity index (χ1) is 13.2. The molecule has 0 spiro atoms. The van der Waals surface area contributed by atoms with E-state index >= 15 is 0 Å². The van der Waals surface area contributed by atoms with Crippen LogP contribution in [-0.4, -0.2) is 57.5 Å². The van der Waals surface area contributed by atoms with Crippen LogP contribution >= 0.6 is 0 Å². The average molecular weight is 372 g/mol. The van der Waals surface area contributed by atoms with E-state index < -0.39 is 6.29 Å². The van der Waals surface area contributed by atoms with Gasteiger partial charge in [0.15, 0.2) is 12.1 Å². The van der Waals surface area contributed by atoms with Crippen molar-refractivity contribution in [2.75, 3.05) is 19.7 Å². The van der Waals surface area contributed by atoms with E-state index in [9.17, 15) is 9.90 Å². The van der Waals surface area contributed by atoms with E-state index in [0.29, 0.717) is 12.4 Å². The van der Waals surface area contributed by atoms with Gasteiger partial charge in [-0.1, -0.05) is 30.3 Å². The molecule has 27 heavy (non-hydrogen) atoms. The molecule has 2 heterocycles. The van der Waals surface area contributed by atoms with Crippen LogP contribution < -0.4 is 5.32 Å². The van der Waals surface area contributed by atoms with Crippen LogP contribution in [0, 0.1) is 0 Å². The molecule has 0 saturated carbocycles. The fourth-order valence-corrected chi connectivity index (χ4v) is 3.49. The number of carbonyl (C=O) groups is 1. The second-order valence-corrected chi connectivity index (χ2v) is 6.85. The molecular weight excluding hydrogens is 344 g/mol. The van der Waals surface area contributed by atoms with Gasteiger partial charge in [0.25, 0.3) is 5.91 Å². The molecule has 2 aromatic rings. The molecular formula is C20H28N4O3. The van der Waals surface area contributed by atoms with E-state index in [1.54, 1.807) is 17.0 Å². The second-order valence-electron chi connectivity index (χ2n) is 6.85. The molecule has 1 aliphatic rings. The summed E-state index contributed by atoms with van der Waals surface area (Å²) in [7, 11) is 0. The summed E-state index contributed by atoms with van der Waals surface area (Å²) in [6.45, 7) is 5.16. The lowest BCUT2D eigenvalue weighted by atomic mass is 10.0. The number of aliphatic hydroxyl groups excluding tert-OH is 1. The van der Waals surface area contributed by atoms with Crippen LogP contribution in [-0.2, 0) is 17.8 Å². The van der Waals surface area contributed by atoms with Crippen molar-refractivity contribution < 1.29 is 14.6 Å². The van der Waals surface area contributed by atoms with Crippen LogP contribution in [0.2, 0.25) is 0 Å². The summed E-state index contributed by atoms with van der Waals surface area (Å²) in [4.78, 5) is 19.2. The number of piperidine rings is 1. The zero-order valence-electron chi connectivity index (χ0n) is 15.8. The number of nitrogens with one attached hydrogen (secondary N) is 1. The quantitative estimate of drug-likeness (QED) is 0.689. The number of aromatic nitrogens is 2. The Labute approximate surface area is 160 Å². The highest BCUT2D eigenvalue weighted by Crippen LogP contribution is 2.14. The van der Waals surface area contributed by atoms with Crippen LogP contribution in [0.4, 0.5) is 0 Å². The van der Waals surface area contributed by atoms with Crippen LogP contribution in [0.5, 0.6) is 0 Å². The van der Waals surface area contributed by atoms with Crippen molar-refractivity contribution in [3.63, 3.8) is 0 Å². The molecule has 7 nitrogen and oxygen atoms in total. The van der Waals surface area contributed by atoms with Gasteiger partial charge in [-0.05, 0) is 31.9 Å². The maximum atomic E-state index is 12.7. The number of nitrogens with zero attached hydrogens (tertiary/aromatic N) is 3. The first-order valence-electron chi connectivity index (χ1n) is 9.53. The Morgan fingerprint density at radius 2 is 2.22 bits per heavy atom. The zero-order valence-corrected chi connectivity index (χ0v) is 15.8. The molecule has 1 amide bonds. The van der Waals surface area contributed by atoms with Crippen molar-refractivity contribution in [1.29, 1.82) is 0 Å². The minimum absolute atomic E-state index is 0.0944. The summed E-state index contributed by atoms with van der Waals surface area (Å²) in [5, 5.41) is 12.9. The molecule has 146 valence electrons. The molecule has 1 aromatic carbocycles. The van der Waals surface area contributed by atoms with Gasteiger partial charge in [-0.15, -0.1) is 0 Å². The van der Waals surface area contributed by atoms with Gasteiger partial charge in [-0.3, -0.25) is 9.69 Å². The molecule has 1 unspecified atom stereocenters. The molecule has 0 bridgehead atoms. The molecule has 2 atom stereocenters. The maximum Gasteiger partial charge on any atom is 0.287 e. The molecule has 1 aromatic heterocycles. The fourth-order valence-electron chi connectivity index (χ4n) is 3.49. The molecule has 1 fully saturated rings. The molecule has 3 rings (SSSR count). The summed E-state index contributed by atoms with van der Waals surface area (Å²) in [6, 6.07) is 10.5. The zero-order chi connectivity index (χ0) is 19.1. The van der Waals surface area contributed by atoms with Crippen LogP contribution in [0.25, 0.3) is 0 Å². The number of hydrogen-bond acceptors (Lipinski definition) is 5. The lowest BCUT2D eigenvalue weighted by molar-refractivity contribution is -0.103. The lowest BCUT2D eigenvalue weighted by Gasteiger charge is -2.33. The molecule has 0 aliphatic carbocycles. The van der Waals surface area contributed by atoms with Gasteiger partial charge in [0.2, 0.25) is 0 Å². The number of hydrogen-bond donors (Lipinski definition) is 2. The predicted octanol–water partition coefficient (Wildman–Crippen LogP) is 1.63. The molecule has 0 radical (unpaired) electrons. The van der Waals surface area contributed by atoms with Crippen molar-refractivity contribution in [3.05, 3.63) is 54.1 Å².